The number of allylic oxidation sites excluding steroid dienone is 1. The molecule has 0 spiro atoms. The minimum absolute atomic E-state index is 0.339. The molecule has 3 rings (SSSR count). The van der Waals surface area contributed by atoms with Crippen LogP contribution in [0.3, 0.4) is 0 Å². The van der Waals surface area contributed by atoms with Crippen molar-refractivity contribution >= 4 is 23.6 Å². The number of carbonyl (C=O) groups is 2. The van der Waals surface area contributed by atoms with Crippen LogP contribution in [0.4, 0.5) is 0 Å². The topological polar surface area (TPSA) is 88.9 Å². The van der Waals surface area contributed by atoms with Crippen molar-refractivity contribution in [3.63, 3.8) is 0 Å². The summed E-state index contributed by atoms with van der Waals surface area (Å²) in [6, 6.07) is 18.4. The molecule has 148 valence electrons. The van der Waals surface area contributed by atoms with Crippen LogP contribution < -0.4 is 10.9 Å². The lowest BCUT2D eigenvalue weighted by atomic mass is 10.2. The Hall–Kier alpha value is -3.39. The fourth-order valence-electron chi connectivity index (χ4n) is 2.56. The number of rotatable bonds is 7. The van der Waals surface area contributed by atoms with Gasteiger partial charge in [-0.25, -0.2) is 0 Å². The smallest absolute Gasteiger partial charge is 0.269 e. The second-order valence-electron chi connectivity index (χ2n) is 6.14. The molecule has 0 aliphatic carbocycles. The molecule has 0 fully saturated rings. The highest BCUT2D eigenvalue weighted by Crippen LogP contribution is 2.26. The molecule has 2 amide bonds. The number of hydrazine groups is 1. The average molecular weight is 407 g/mol. The van der Waals surface area contributed by atoms with Crippen LogP contribution in [0.5, 0.6) is 0 Å². The van der Waals surface area contributed by atoms with Gasteiger partial charge in [0.15, 0.2) is 11.0 Å². The summed E-state index contributed by atoms with van der Waals surface area (Å²) in [5.41, 5.74) is 6.28. The lowest BCUT2D eigenvalue weighted by Gasteiger charge is -2.13. The minimum atomic E-state index is -0.498. The Morgan fingerprint density at radius 1 is 1.07 bits per heavy atom. The second kappa shape index (κ2) is 9.70. The van der Waals surface area contributed by atoms with Crippen molar-refractivity contribution in [1.82, 2.24) is 25.6 Å². The van der Waals surface area contributed by atoms with Crippen molar-refractivity contribution in [2.75, 3.05) is 0 Å². The van der Waals surface area contributed by atoms with Gasteiger partial charge in [0.1, 0.15) is 0 Å². The van der Waals surface area contributed by atoms with E-state index in [1.54, 1.807) is 37.3 Å². The molecule has 7 nitrogen and oxygen atoms in total. The first-order valence-electron chi connectivity index (χ1n) is 9.01. The lowest BCUT2D eigenvalue weighted by Crippen LogP contribution is -2.44. The predicted octanol–water partition coefficient (Wildman–Crippen LogP) is 3.07. The monoisotopic (exact) mass is 407 g/mol. The van der Waals surface area contributed by atoms with Crippen molar-refractivity contribution in [2.45, 2.75) is 23.9 Å². The Morgan fingerprint density at radius 2 is 1.72 bits per heavy atom. The molecule has 1 aromatic heterocycles. The molecule has 2 aromatic carbocycles. The van der Waals surface area contributed by atoms with Gasteiger partial charge >= 0.3 is 0 Å². The molecule has 29 heavy (non-hydrogen) atoms. The third-order valence-corrected chi connectivity index (χ3v) is 5.13. The minimum Gasteiger partial charge on any atom is -0.298 e. The van der Waals surface area contributed by atoms with E-state index in [4.69, 9.17) is 0 Å². The van der Waals surface area contributed by atoms with Crippen molar-refractivity contribution in [3.05, 3.63) is 78.9 Å². The highest BCUT2D eigenvalue weighted by molar-refractivity contribution is 8.00. The molecule has 0 saturated heterocycles. The third-order valence-electron chi connectivity index (χ3n) is 4.05. The first-order valence-corrected chi connectivity index (χ1v) is 9.89. The number of nitrogens with one attached hydrogen (secondary N) is 2. The fraction of sp³-hybridized carbons (Fsp3) is 0.143. The van der Waals surface area contributed by atoms with Gasteiger partial charge in [0.25, 0.3) is 11.8 Å². The standard InChI is InChI=1S/C21H21N5O2S/c1-3-14-26-18(16-10-6-4-7-11-16)22-25-21(26)29-15(2)19(27)23-24-20(28)17-12-8-5-9-13-17/h3-13,15H,1,14H2,2H3,(H,23,27)(H,24,28)/t15-/m0/s1. The SMILES string of the molecule is C=CCn1c(S[C@@H](C)C(=O)NNC(=O)c2ccccc2)nnc1-c1ccccc1. The molecule has 0 aliphatic heterocycles. The van der Waals surface area contributed by atoms with Crippen molar-refractivity contribution < 1.29 is 9.59 Å². The third kappa shape index (κ3) is 5.11. The Labute approximate surface area is 173 Å². The van der Waals surface area contributed by atoms with Gasteiger partial charge in [0, 0.05) is 17.7 Å². The zero-order valence-corrected chi connectivity index (χ0v) is 16.7. The maximum Gasteiger partial charge on any atom is 0.269 e. The van der Waals surface area contributed by atoms with Crippen molar-refractivity contribution in [3.8, 4) is 11.4 Å². The fourth-order valence-corrected chi connectivity index (χ4v) is 3.42. The van der Waals surface area contributed by atoms with Crippen LogP contribution in [-0.2, 0) is 11.3 Å². The van der Waals surface area contributed by atoms with E-state index in [1.807, 2.05) is 41.0 Å². The first-order chi connectivity index (χ1) is 14.1. The Kier molecular flexibility index (Phi) is 6.80. The van der Waals surface area contributed by atoms with Gasteiger partial charge in [0.05, 0.1) is 5.25 Å². The maximum absolute atomic E-state index is 12.4. The molecule has 2 N–H and O–H groups in total. The summed E-state index contributed by atoms with van der Waals surface area (Å²) < 4.78 is 1.90. The summed E-state index contributed by atoms with van der Waals surface area (Å²) >= 11 is 1.26. The molecular formula is C21H21N5O2S. The maximum atomic E-state index is 12.4. The zero-order valence-electron chi connectivity index (χ0n) is 15.9. The van der Waals surface area contributed by atoms with Crippen LogP contribution in [0.25, 0.3) is 11.4 Å². The van der Waals surface area contributed by atoms with Gasteiger partial charge < -0.3 is 0 Å². The predicted molar refractivity (Wildman–Crippen MR) is 113 cm³/mol. The number of amides is 2. The normalized spacial score (nSPS) is 11.5. The number of carbonyl (C=O) groups excluding carboxylic acids is 2. The van der Waals surface area contributed by atoms with Gasteiger partial charge in [-0.1, -0.05) is 66.4 Å². The van der Waals surface area contributed by atoms with Gasteiger partial charge in [-0.3, -0.25) is 25.0 Å². The van der Waals surface area contributed by atoms with Crippen molar-refractivity contribution in [2.24, 2.45) is 0 Å². The molecule has 0 saturated carbocycles. The summed E-state index contributed by atoms with van der Waals surface area (Å²) in [6.07, 6.45) is 1.75. The van der Waals surface area contributed by atoms with E-state index in [0.29, 0.717) is 23.1 Å². The molecule has 8 heteroatoms. The van der Waals surface area contributed by atoms with E-state index < -0.39 is 5.25 Å². The highest BCUT2D eigenvalue weighted by atomic mass is 32.2. The average Bonchev–Trinajstić information content (AvgIpc) is 3.15. The number of hydrogen-bond acceptors (Lipinski definition) is 5. The van der Waals surface area contributed by atoms with Gasteiger partial charge in [0.2, 0.25) is 0 Å². The van der Waals surface area contributed by atoms with Gasteiger partial charge in [-0.2, -0.15) is 0 Å². The van der Waals surface area contributed by atoms with E-state index in [9.17, 15) is 9.59 Å². The largest absolute Gasteiger partial charge is 0.298 e. The number of hydrogen-bond donors (Lipinski definition) is 2. The first kappa shape index (κ1) is 20.3. The zero-order chi connectivity index (χ0) is 20.6. The second-order valence-corrected chi connectivity index (χ2v) is 7.45. The molecular weight excluding hydrogens is 386 g/mol. The number of aromatic nitrogens is 3. The molecule has 0 radical (unpaired) electrons. The van der Waals surface area contributed by atoms with E-state index >= 15 is 0 Å². The Bertz CT molecular complexity index is 989. The number of thioether (sulfide) groups is 1. The van der Waals surface area contributed by atoms with Crippen LogP contribution >= 0.6 is 11.8 Å². The number of benzene rings is 2. The van der Waals surface area contributed by atoms with Crippen LogP contribution in [0.2, 0.25) is 0 Å². The van der Waals surface area contributed by atoms with Crippen LogP contribution in [0.1, 0.15) is 17.3 Å². The van der Waals surface area contributed by atoms with E-state index in [1.165, 1.54) is 11.8 Å². The summed E-state index contributed by atoms with van der Waals surface area (Å²) in [4.78, 5) is 24.5. The van der Waals surface area contributed by atoms with Crippen molar-refractivity contribution in [1.29, 1.82) is 0 Å². The van der Waals surface area contributed by atoms with Gasteiger partial charge in [-0.15, -0.1) is 16.8 Å². The summed E-state index contributed by atoms with van der Waals surface area (Å²) in [6.45, 7) is 6.04. The lowest BCUT2D eigenvalue weighted by molar-refractivity contribution is -0.121. The summed E-state index contributed by atoms with van der Waals surface area (Å²) in [5, 5.41) is 8.61. The van der Waals surface area contributed by atoms with Crippen LogP contribution in [-0.4, -0.2) is 31.8 Å². The molecule has 0 bridgehead atoms. The summed E-state index contributed by atoms with van der Waals surface area (Å²) in [7, 11) is 0. The van der Waals surface area contributed by atoms with E-state index in [0.717, 1.165) is 5.56 Å². The molecule has 1 atom stereocenters. The van der Waals surface area contributed by atoms with Crippen LogP contribution in [0, 0.1) is 0 Å². The molecule has 1 heterocycles. The van der Waals surface area contributed by atoms with Gasteiger partial charge in [-0.05, 0) is 19.1 Å². The number of nitrogens with zero attached hydrogens (tertiary/aromatic N) is 3. The Balaban J connectivity index is 1.66. The molecule has 0 unspecified atom stereocenters. The quantitative estimate of drug-likeness (QED) is 0.357. The molecule has 0 aliphatic rings. The molecule has 3 aromatic rings. The van der Waals surface area contributed by atoms with E-state index in [2.05, 4.69) is 27.6 Å². The van der Waals surface area contributed by atoms with E-state index in [-0.39, 0.29) is 11.8 Å². The van der Waals surface area contributed by atoms with Crippen LogP contribution in [0.15, 0.2) is 78.5 Å². The summed E-state index contributed by atoms with van der Waals surface area (Å²) in [5.74, 6) is -0.0102. The Morgan fingerprint density at radius 3 is 2.38 bits per heavy atom. The highest BCUT2D eigenvalue weighted by Gasteiger charge is 2.21.